The van der Waals surface area contributed by atoms with Gasteiger partial charge >= 0.3 is 5.97 Å². The molecule has 0 aliphatic rings. The van der Waals surface area contributed by atoms with Gasteiger partial charge in [-0.15, -0.1) is 0 Å². The van der Waals surface area contributed by atoms with Gasteiger partial charge in [0.2, 0.25) is 0 Å². The highest BCUT2D eigenvalue weighted by molar-refractivity contribution is 5.71. The Balaban J connectivity index is 0. The number of ether oxygens (including phenoxy) is 1. The van der Waals surface area contributed by atoms with E-state index in [2.05, 4.69) is 4.74 Å². The van der Waals surface area contributed by atoms with Crippen molar-refractivity contribution >= 4 is 5.97 Å². The van der Waals surface area contributed by atoms with Crippen LogP contribution in [0.4, 0.5) is 0 Å². The van der Waals surface area contributed by atoms with E-state index in [4.69, 9.17) is 5.11 Å². The molecule has 0 aromatic heterocycles. The lowest BCUT2D eigenvalue weighted by Gasteiger charge is -2.01. The van der Waals surface area contributed by atoms with E-state index in [0.717, 1.165) is 0 Å². The van der Waals surface area contributed by atoms with E-state index in [1.807, 2.05) is 19.9 Å². The molecule has 0 saturated carbocycles. The van der Waals surface area contributed by atoms with Gasteiger partial charge in [0.1, 0.15) is 5.75 Å². The molecule has 92 valence electrons. The van der Waals surface area contributed by atoms with E-state index in [0.29, 0.717) is 12.4 Å². The van der Waals surface area contributed by atoms with Crippen LogP contribution in [0.1, 0.15) is 20.8 Å². The first-order valence-corrected chi connectivity index (χ1v) is 4.98. The fourth-order valence-corrected chi connectivity index (χ4v) is 0.737. The lowest BCUT2D eigenvalue weighted by atomic mass is 10.2. The van der Waals surface area contributed by atoms with Crippen molar-refractivity contribution in [1.82, 2.24) is 0 Å². The molecule has 0 radical (unpaired) electrons. The quantitative estimate of drug-likeness (QED) is 0.783. The second-order valence-electron chi connectivity index (χ2n) is 3.24. The number of benzene rings is 1. The minimum Gasteiger partial charge on any atom is -0.508 e. The first kappa shape index (κ1) is 16.9. The number of phenolic OH excluding ortho intramolecular Hbond substituents is 1. The number of aromatic hydroxyl groups is 1. The Labute approximate surface area is 96.2 Å². The van der Waals surface area contributed by atoms with Crippen molar-refractivity contribution in [3.63, 3.8) is 0 Å². The first-order chi connectivity index (χ1) is 7.07. The Kier molecular flexibility index (Phi) is 10.5. The van der Waals surface area contributed by atoms with Crippen LogP contribution in [0.25, 0.3) is 0 Å². The first-order valence-electron chi connectivity index (χ1n) is 4.98. The molecule has 0 bridgehead atoms. The van der Waals surface area contributed by atoms with Crippen LogP contribution < -0.4 is 0 Å². The monoisotopic (exact) mass is 228 g/mol. The molecule has 4 nitrogen and oxygen atoms in total. The molecule has 0 unspecified atom stereocenters. The minimum atomic E-state index is -0.118. The van der Waals surface area contributed by atoms with Crippen LogP contribution in [0.15, 0.2) is 30.3 Å². The fourth-order valence-electron chi connectivity index (χ4n) is 0.737. The summed E-state index contributed by atoms with van der Waals surface area (Å²) in [4.78, 5) is 10.5. The van der Waals surface area contributed by atoms with E-state index in [9.17, 15) is 4.79 Å². The number of hydrogen-bond acceptors (Lipinski definition) is 3. The van der Waals surface area contributed by atoms with Crippen LogP contribution in [0.2, 0.25) is 0 Å². The van der Waals surface area contributed by atoms with Gasteiger partial charge in [-0.05, 0) is 19.1 Å². The smallest absolute Gasteiger partial charge is 0.308 e. The van der Waals surface area contributed by atoms with Gasteiger partial charge in [-0.1, -0.05) is 32.0 Å². The molecule has 3 N–H and O–H groups in total. The molecular formula is C12H20O4. The Morgan fingerprint density at radius 1 is 1.31 bits per heavy atom. The Morgan fingerprint density at radius 2 is 1.81 bits per heavy atom. The maximum Gasteiger partial charge on any atom is 0.308 e. The third-order valence-corrected chi connectivity index (χ3v) is 1.51. The molecule has 0 fully saturated rings. The zero-order chi connectivity index (χ0) is 11.7. The molecule has 4 heteroatoms. The van der Waals surface area contributed by atoms with Gasteiger partial charge in [0.25, 0.3) is 0 Å². The molecule has 0 aliphatic heterocycles. The van der Waals surface area contributed by atoms with Crippen molar-refractivity contribution < 1.29 is 20.1 Å². The van der Waals surface area contributed by atoms with E-state index in [1.54, 1.807) is 31.2 Å². The van der Waals surface area contributed by atoms with Crippen LogP contribution in [-0.2, 0) is 9.53 Å². The normalized spacial score (nSPS) is 8.50. The summed E-state index contributed by atoms with van der Waals surface area (Å²) in [5.41, 5.74) is 0. The number of hydrogen-bond donors (Lipinski definition) is 1. The average Bonchev–Trinajstić information content (AvgIpc) is 2.20. The largest absolute Gasteiger partial charge is 0.508 e. The fraction of sp³-hybridized carbons (Fsp3) is 0.417. The highest BCUT2D eigenvalue weighted by Crippen LogP contribution is 2.02. The standard InChI is InChI=1S/C6H12O2.C6H6O.H2O/c1-4-8-6(7)5(2)3;7-6-4-2-1-3-5-6;/h5H,4H2,1-3H3;1-5,7H;1H2. The van der Waals surface area contributed by atoms with Crippen LogP contribution in [-0.4, -0.2) is 23.2 Å². The highest BCUT2D eigenvalue weighted by Gasteiger charge is 2.04. The van der Waals surface area contributed by atoms with E-state index < -0.39 is 0 Å². The molecule has 0 aliphatic carbocycles. The lowest BCUT2D eigenvalue weighted by molar-refractivity contribution is -0.146. The predicted molar refractivity (Wildman–Crippen MR) is 63.2 cm³/mol. The number of esters is 1. The minimum absolute atomic E-state index is 0. The van der Waals surface area contributed by atoms with Crippen molar-refractivity contribution in [3.8, 4) is 5.75 Å². The summed E-state index contributed by atoms with van der Waals surface area (Å²) in [7, 11) is 0. The van der Waals surface area contributed by atoms with E-state index in [1.165, 1.54) is 0 Å². The van der Waals surface area contributed by atoms with Crippen LogP contribution in [0.5, 0.6) is 5.75 Å². The summed E-state index contributed by atoms with van der Waals surface area (Å²) in [5, 5.41) is 8.63. The van der Waals surface area contributed by atoms with Crippen molar-refractivity contribution in [2.24, 2.45) is 5.92 Å². The van der Waals surface area contributed by atoms with Crippen molar-refractivity contribution in [3.05, 3.63) is 30.3 Å². The zero-order valence-electron chi connectivity index (χ0n) is 9.93. The van der Waals surface area contributed by atoms with Crippen molar-refractivity contribution in [2.75, 3.05) is 6.61 Å². The molecule has 0 atom stereocenters. The molecule has 1 rings (SSSR count). The number of carbonyl (C=O) groups excluding carboxylic acids is 1. The van der Waals surface area contributed by atoms with Crippen LogP contribution >= 0.6 is 0 Å². The SMILES string of the molecule is CCOC(=O)C(C)C.O.Oc1ccccc1. The Hall–Kier alpha value is -1.55. The maximum absolute atomic E-state index is 10.5. The summed E-state index contributed by atoms with van der Waals surface area (Å²) in [6.45, 7) is 5.92. The van der Waals surface area contributed by atoms with Gasteiger partial charge < -0.3 is 15.3 Å². The summed E-state index contributed by atoms with van der Waals surface area (Å²) in [5.74, 6) is 0.213. The summed E-state index contributed by atoms with van der Waals surface area (Å²) >= 11 is 0. The maximum atomic E-state index is 10.5. The van der Waals surface area contributed by atoms with Gasteiger partial charge in [0.05, 0.1) is 12.5 Å². The number of para-hydroxylation sites is 1. The Morgan fingerprint density at radius 3 is 2.00 bits per heavy atom. The second-order valence-corrected chi connectivity index (χ2v) is 3.24. The van der Waals surface area contributed by atoms with E-state index >= 15 is 0 Å². The molecule has 1 aromatic carbocycles. The Bertz CT molecular complexity index is 270. The topological polar surface area (TPSA) is 78.0 Å². The molecule has 0 spiro atoms. The molecule has 1 aromatic rings. The second kappa shape index (κ2) is 9.98. The van der Waals surface area contributed by atoms with Crippen molar-refractivity contribution in [1.29, 1.82) is 0 Å². The average molecular weight is 228 g/mol. The molecule has 16 heavy (non-hydrogen) atoms. The van der Waals surface area contributed by atoms with Crippen molar-refractivity contribution in [2.45, 2.75) is 20.8 Å². The molecular weight excluding hydrogens is 208 g/mol. The van der Waals surface area contributed by atoms with Gasteiger partial charge in [-0.2, -0.15) is 0 Å². The summed E-state index contributed by atoms with van der Waals surface area (Å²) in [6.07, 6.45) is 0. The zero-order valence-corrected chi connectivity index (χ0v) is 9.93. The third kappa shape index (κ3) is 9.02. The highest BCUT2D eigenvalue weighted by atomic mass is 16.5. The number of phenols is 1. The van der Waals surface area contributed by atoms with E-state index in [-0.39, 0.29) is 17.4 Å². The van der Waals surface area contributed by atoms with Crippen LogP contribution in [0, 0.1) is 5.92 Å². The van der Waals surface area contributed by atoms with Gasteiger partial charge in [0, 0.05) is 0 Å². The number of carbonyl (C=O) groups is 1. The summed E-state index contributed by atoms with van der Waals surface area (Å²) < 4.78 is 4.66. The van der Waals surface area contributed by atoms with Gasteiger partial charge in [0.15, 0.2) is 0 Å². The molecule has 0 heterocycles. The van der Waals surface area contributed by atoms with Gasteiger partial charge in [-0.3, -0.25) is 4.79 Å². The molecule has 0 amide bonds. The predicted octanol–water partition coefficient (Wildman–Crippen LogP) is 1.77. The van der Waals surface area contributed by atoms with Gasteiger partial charge in [-0.25, -0.2) is 0 Å². The molecule has 0 saturated heterocycles. The number of rotatable bonds is 2. The third-order valence-electron chi connectivity index (χ3n) is 1.51. The summed E-state index contributed by atoms with van der Waals surface area (Å²) in [6, 6.07) is 8.71. The van der Waals surface area contributed by atoms with Crippen LogP contribution in [0.3, 0.4) is 0 Å². The lowest BCUT2D eigenvalue weighted by Crippen LogP contribution is -2.10.